The number of methoxy groups -OCH3 is 2. The maximum Gasteiger partial charge on any atom is 0.337 e. The summed E-state index contributed by atoms with van der Waals surface area (Å²) in [7, 11) is -1.85. The molecule has 1 atom stereocenters. The predicted octanol–water partition coefficient (Wildman–Crippen LogP) is 0.405. The van der Waals surface area contributed by atoms with E-state index in [2.05, 4.69) is 19.6 Å². The topological polar surface area (TPSA) is 138 Å². The molecule has 150 valence electrons. The summed E-state index contributed by atoms with van der Waals surface area (Å²) in [6.45, 7) is 0.213. The second-order valence-corrected chi connectivity index (χ2v) is 7.62. The van der Waals surface area contributed by atoms with Crippen molar-refractivity contribution in [2.45, 2.75) is 10.9 Å². The Labute approximate surface area is 160 Å². The molecule has 0 N–H and O–H groups in total. The fraction of sp³-hybridized carbons (Fsp3) is 0.375. The Kier molecular flexibility index (Phi) is 5.72. The number of aromatic nitrogens is 2. The van der Waals surface area contributed by atoms with Gasteiger partial charge in [0.15, 0.2) is 5.82 Å². The van der Waals surface area contributed by atoms with Gasteiger partial charge in [0.05, 0.1) is 43.5 Å². The van der Waals surface area contributed by atoms with Crippen LogP contribution < -0.4 is 0 Å². The first-order valence-corrected chi connectivity index (χ1v) is 9.50. The Morgan fingerprint density at radius 3 is 2.32 bits per heavy atom. The number of benzene rings is 1. The Hall–Kier alpha value is -2.83. The first-order chi connectivity index (χ1) is 13.4. The molecule has 1 saturated heterocycles. The van der Waals surface area contributed by atoms with Gasteiger partial charge in [0, 0.05) is 6.54 Å². The van der Waals surface area contributed by atoms with Crippen molar-refractivity contribution in [3.63, 3.8) is 0 Å². The highest BCUT2D eigenvalue weighted by Gasteiger charge is 2.38. The van der Waals surface area contributed by atoms with Crippen molar-refractivity contribution < 1.29 is 36.7 Å². The zero-order valence-corrected chi connectivity index (χ0v) is 15.8. The van der Waals surface area contributed by atoms with Crippen molar-refractivity contribution in [1.82, 2.24) is 14.4 Å². The molecule has 3 rings (SSSR count). The lowest BCUT2D eigenvalue weighted by atomic mass is 10.1. The van der Waals surface area contributed by atoms with Gasteiger partial charge >= 0.3 is 11.9 Å². The third kappa shape index (κ3) is 3.74. The van der Waals surface area contributed by atoms with E-state index in [0.717, 1.165) is 37.1 Å². The molecule has 0 radical (unpaired) electrons. The van der Waals surface area contributed by atoms with E-state index in [1.54, 1.807) is 0 Å². The molecular formula is C16H17N3O8S. The molecule has 1 aliphatic heterocycles. The molecular weight excluding hydrogens is 394 g/mol. The van der Waals surface area contributed by atoms with Crippen molar-refractivity contribution in [1.29, 1.82) is 0 Å². The van der Waals surface area contributed by atoms with Crippen LogP contribution in [0.3, 0.4) is 0 Å². The van der Waals surface area contributed by atoms with Crippen LogP contribution in [0.25, 0.3) is 0 Å². The molecule has 0 saturated carbocycles. The highest BCUT2D eigenvalue weighted by Crippen LogP contribution is 2.29. The van der Waals surface area contributed by atoms with Crippen LogP contribution in [-0.4, -0.2) is 68.8 Å². The molecule has 2 aromatic rings. The van der Waals surface area contributed by atoms with E-state index in [1.807, 2.05) is 0 Å². The van der Waals surface area contributed by atoms with Crippen molar-refractivity contribution in [2.75, 3.05) is 34.0 Å². The lowest BCUT2D eigenvalue weighted by molar-refractivity contribution is 0.0282. The standard InChI is InChI=1S/C16H17N3O8S/c1-24-15(20)10-5-11(16(21)25-2)7-12(6-10)28(22,23)19-3-4-26-8-13(19)14-17-9-27-18-14/h5-7,9,13H,3-4,8H2,1-2H3/t13-/m1/s1. The largest absolute Gasteiger partial charge is 0.465 e. The van der Waals surface area contributed by atoms with Gasteiger partial charge in [-0.1, -0.05) is 5.16 Å². The van der Waals surface area contributed by atoms with Gasteiger partial charge in [-0.05, 0) is 18.2 Å². The van der Waals surface area contributed by atoms with Crippen LogP contribution in [0.15, 0.2) is 34.0 Å². The molecule has 0 amide bonds. The van der Waals surface area contributed by atoms with E-state index >= 15 is 0 Å². The molecule has 12 heteroatoms. The van der Waals surface area contributed by atoms with E-state index in [4.69, 9.17) is 9.26 Å². The minimum atomic E-state index is -4.15. The zero-order chi connectivity index (χ0) is 20.3. The number of nitrogens with zero attached hydrogens (tertiary/aromatic N) is 3. The second kappa shape index (κ2) is 8.04. The van der Waals surface area contributed by atoms with Gasteiger partial charge in [0.25, 0.3) is 0 Å². The summed E-state index contributed by atoms with van der Waals surface area (Å²) in [6.07, 6.45) is 1.09. The molecule has 0 unspecified atom stereocenters. The predicted molar refractivity (Wildman–Crippen MR) is 90.9 cm³/mol. The number of carbonyl (C=O) groups excluding carboxylic acids is 2. The van der Waals surface area contributed by atoms with Crippen LogP contribution in [0.4, 0.5) is 0 Å². The molecule has 1 fully saturated rings. The number of morpholine rings is 1. The molecule has 1 aromatic carbocycles. The number of hydrogen-bond acceptors (Lipinski definition) is 10. The van der Waals surface area contributed by atoms with Crippen molar-refractivity contribution in [3.05, 3.63) is 41.5 Å². The lowest BCUT2D eigenvalue weighted by Crippen LogP contribution is -2.43. The summed E-state index contributed by atoms with van der Waals surface area (Å²) in [5.74, 6) is -1.45. The quantitative estimate of drug-likeness (QED) is 0.636. The summed E-state index contributed by atoms with van der Waals surface area (Å²) < 4.78 is 47.1. The first-order valence-electron chi connectivity index (χ1n) is 8.06. The van der Waals surface area contributed by atoms with Crippen LogP contribution in [0, 0.1) is 0 Å². The van der Waals surface area contributed by atoms with Crippen molar-refractivity contribution >= 4 is 22.0 Å². The molecule has 2 heterocycles. The highest BCUT2D eigenvalue weighted by molar-refractivity contribution is 7.89. The van der Waals surface area contributed by atoms with Crippen molar-refractivity contribution in [2.24, 2.45) is 0 Å². The fourth-order valence-electron chi connectivity index (χ4n) is 2.76. The van der Waals surface area contributed by atoms with Gasteiger partial charge in [-0.25, -0.2) is 18.0 Å². The number of rotatable bonds is 5. The fourth-order valence-corrected chi connectivity index (χ4v) is 4.39. The number of sulfonamides is 1. The maximum atomic E-state index is 13.3. The Balaban J connectivity index is 2.09. The number of ether oxygens (including phenoxy) is 3. The third-order valence-electron chi connectivity index (χ3n) is 4.11. The monoisotopic (exact) mass is 411 g/mol. The molecule has 11 nitrogen and oxygen atoms in total. The molecule has 1 aromatic heterocycles. The van der Waals surface area contributed by atoms with Gasteiger partial charge in [-0.15, -0.1) is 0 Å². The summed E-state index contributed by atoms with van der Waals surface area (Å²) in [6, 6.07) is 2.65. The zero-order valence-electron chi connectivity index (χ0n) is 15.0. The molecule has 1 aliphatic rings. The third-order valence-corrected chi connectivity index (χ3v) is 6.00. The minimum Gasteiger partial charge on any atom is -0.465 e. The average Bonchev–Trinajstić information content (AvgIpc) is 3.27. The maximum absolute atomic E-state index is 13.3. The number of hydrogen-bond donors (Lipinski definition) is 0. The van der Waals surface area contributed by atoms with Crippen LogP contribution in [0.2, 0.25) is 0 Å². The molecule has 0 aliphatic carbocycles. The molecule has 0 spiro atoms. The molecule has 28 heavy (non-hydrogen) atoms. The van der Waals surface area contributed by atoms with Gasteiger partial charge in [0.1, 0.15) is 6.04 Å². The average molecular weight is 411 g/mol. The SMILES string of the molecule is COC(=O)c1cc(C(=O)OC)cc(S(=O)(=O)N2CCOC[C@@H]2c2ncon2)c1. The highest BCUT2D eigenvalue weighted by atomic mass is 32.2. The minimum absolute atomic E-state index is 0.0253. The van der Waals surface area contributed by atoms with E-state index in [9.17, 15) is 18.0 Å². The smallest absolute Gasteiger partial charge is 0.337 e. The van der Waals surface area contributed by atoms with Crippen LogP contribution in [0.1, 0.15) is 32.6 Å². The summed E-state index contributed by atoms with van der Waals surface area (Å²) >= 11 is 0. The van der Waals surface area contributed by atoms with Gasteiger partial charge in [-0.3, -0.25) is 0 Å². The number of esters is 2. The Morgan fingerprint density at radius 1 is 1.14 bits per heavy atom. The Morgan fingerprint density at radius 2 is 1.79 bits per heavy atom. The summed E-state index contributed by atoms with van der Waals surface area (Å²) in [4.78, 5) is 27.5. The van der Waals surface area contributed by atoms with E-state index in [0.29, 0.717) is 0 Å². The number of carbonyl (C=O) groups is 2. The van der Waals surface area contributed by atoms with Crippen molar-refractivity contribution in [3.8, 4) is 0 Å². The van der Waals surface area contributed by atoms with Gasteiger partial charge < -0.3 is 18.7 Å². The van der Waals surface area contributed by atoms with Crippen LogP contribution in [-0.2, 0) is 24.2 Å². The van der Waals surface area contributed by atoms with Gasteiger partial charge in [-0.2, -0.15) is 9.29 Å². The summed E-state index contributed by atoms with van der Waals surface area (Å²) in [5, 5.41) is 3.69. The first kappa shape index (κ1) is 19.9. The van der Waals surface area contributed by atoms with E-state index < -0.39 is 28.0 Å². The second-order valence-electron chi connectivity index (χ2n) is 5.73. The van der Waals surface area contributed by atoms with Crippen LogP contribution in [0.5, 0.6) is 0 Å². The normalized spacial score (nSPS) is 17.9. The lowest BCUT2D eigenvalue weighted by Gasteiger charge is -2.32. The van der Waals surface area contributed by atoms with Crippen LogP contribution >= 0.6 is 0 Å². The molecule has 0 bridgehead atoms. The summed E-state index contributed by atoms with van der Waals surface area (Å²) in [5.41, 5.74) is -0.207. The van der Waals surface area contributed by atoms with E-state index in [-0.39, 0.29) is 41.6 Å². The van der Waals surface area contributed by atoms with E-state index in [1.165, 1.54) is 6.07 Å². The Bertz CT molecular complexity index is 940. The van der Waals surface area contributed by atoms with Gasteiger partial charge in [0.2, 0.25) is 16.4 Å².